The first-order valence-corrected chi connectivity index (χ1v) is 7.06. The van der Waals surface area contributed by atoms with Crippen molar-refractivity contribution in [2.24, 2.45) is 5.92 Å². The lowest BCUT2D eigenvalue weighted by Gasteiger charge is -2.05. The third-order valence-corrected chi connectivity index (χ3v) is 3.86. The zero-order valence-electron chi connectivity index (χ0n) is 11.1. The van der Waals surface area contributed by atoms with Gasteiger partial charge < -0.3 is 5.32 Å². The van der Waals surface area contributed by atoms with E-state index in [4.69, 9.17) is 0 Å². The fourth-order valence-corrected chi connectivity index (χ4v) is 2.72. The van der Waals surface area contributed by atoms with Crippen LogP contribution in [0.2, 0.25) is 0 Å². The maximum absolute atomic E-state index is 4.63. The summed E-state index contributed by atoms with van der Waals surface area (Å²) in [5.41, 5.74) is 2.27. The number of nitrogens with one attached hydrogen (secondary N) is 1. The summed E-state index contributed by atoms with van der Waals surface area (Å²) in [5.74, 6) is 0.679. The highest BCUT2D eigenvalue weighted by molar-refractivity contribution is 7.15. The molecule has 0 unspecified atom stereocenters. The van der Waals surface area contributed by atoms with Crippen molar-refractivity contribution in [1.29, 1.82) is 0 Å². The first-order chi connectivity index (χ1) is 8.66. The molecule has 96 valence electrons. The van der Waals surface area contributed by atoms with Crippen molar-refractivity contribution >= 4 is 11.3 Å². The fraction of sp³-hybridized carbons (Fsp3) is 0.429. The normalized spacial score (nSPS) is 11.1. The molecule has 0 amide bonds. The van der Waals surface area contributed by atoms with Crippen LogP contribution in [0.3, 0.4) is 0 Å². The minimum atomic E-state index is 0.679. The summed E-state index contributed by atoms with van der Waals surface area (Å²) in [6.07, 6.45) is 3.62. The van der Waals surface area contributed by atoms with Gasteiger partial charge in [-0.1, -0.05) is 13.8 Å². The highest BCUT2D eigenvalue weighted by Crippen LogP contribution is 2.27. The van der Waals surface area contributed by atoms with Crippen LogP contribution in [-0.4, -0.2) is 16.5 Å². The number of hydrogen-bond acceptors (Lipinski definition) is 4. The van der Waals surface area contributed by atoms with Crippen LogP contribution < -0.4 is 5.32 Å². The van der Waals surface area contributed by atoms with Gasteiger partial charge in [0.05, 0.1) is 5.69 Å². The first kappa shape index (κ1) is 13.2. The van der Waals surface area contributed by atoms with E-state index in [0.29, 0.717) is 5.92 Å². The third kappa shape index (κ3) is 3.37. The molecule has 2 heterocycles. The van der Waals surface area contributed by atoms with Gasteiger partial charge in [-0.05, 0) is 31.5 Å². The second-order valence-corrected chi connectivity index (χ2v) is 5.87. The first-order valence-electron chi connectivity index (χ1n) is 6.24. The Kier molecular flexibility index (Phi) is 4.44. The monoisotopic (exact) mass is 261 g/mol. The van der Waals surface area contributed by atoms with E-state index in [1.165, 1.54) is 4.88 Å². The molecule has 1 N–H and O–H groups in total. The van der Waals surface area contributed by atoms with E-state index >= 15 is 0 Å². The molecule has 0 aliphatic carbocycles. The number of rotatable bonds is 5. The van der Waals surface area contributed by atoms with E-state index in [9.17, 15) is 0 Å². The summed E-state index contributed by atoms with van der Waals surface area (Å²) in [5, 5.41) is 4.54. The zero-order valence-corrected chi connectivity index (χ0v) is 11.9. The highest BCUT2D eigenvalue weighted by Gasteiger charge is 2.08. The van der Waals surface area contributed by atoms with Gasteiger partial charge in [0.15, 0.2) is 0 Å². The molecule has 0 aromatic carbocycles. The quantitative estimate of drug-likeness (QED) is 0.897. The van der Waals surface area contributed by atoms with Crippen molar-refractivity contribution in [2.75, 3.05) is 6.54 Å². The smallest absolute Gasteiger partial charge is 0.124 e. The predicted molar refractivity (Wildman–Crippen MR) is 76.6 cm³/mol. The van der Waals surface area contributed by atoms with E-state index < -0.39 is 0 Å². The zero-order chi connectivity index (χ0) is 13.0. The van der Waals surface area contributed by atoms with Crippen LogP contribution in [0.1, 0.15) is 24.4 Å². The number of pyridine rings is 1. The molecule has 4 heteroatoms. The number of aryl methyl sites for hydroxylation is 1. The van der Waals surface area contributed by atoms with E-state index in [2.05, 4.69) is 36.1 Å². The number of nitrogens with zero attached hydrogens (tertiary/aromatic N) is 2. The van der Waals surface area contributed by atoms with Crippen LogP contribution in [0.15, 0.2) is 24.5 Å². The van der Waals surface area contributed by atoms with E-state index in [-0.39, 0.29) is 0 Å². The summed E-state index contributed by atoms with van der Waals surface area (Å²) in [4.78, 5) is 9.98. The van der Waals surface area contributed by atoms with Crippen LogP contribution in [0.5, 0.6) is 0 Å². The molecule has 2 aromatic heterocycles. The van der Waals surface area contributed by atoms with Gasteiger partial charge in [0.2, 0.25) is 0 Å². The Bertz CT molecular complexity index is 491. The van der Waals surface area contributed by atoms with E-state index in [1.54, 1.807) is 11.3 Å². The molecule has 0 radical (unpaired) electrons. The molecule has 18 heavy (non-hydrogen) atoms. The molecular weight excluding hydrogens is 242 g/mol. The van der Waals surface area contributed by atoms with Crippen molar-refractivity contribution in [3.63, 3.8) is 0 Å². The predicted octanol–water partition coefficient (Wildman–Crippen LogP) is 3.26. The molecule has 0 fully saturated rings. The lowest BCUT2D eigenvalue weighted by Crippen LogP contribution is -2.18. The maximum Gasteiger partial charge on any atom is 0.124 e. The summed E-state index contributed by atoms with van der Waals surface area (Å²) in [7, 11) is 0. The number of thiazole rings is 1. The Labute approximate surface area is 112 Å². The lowest BCUT2D eigenvalue weighted by atomic mass is 10.2. The molecule has 2 rings (SSSR count). The summed E-state index contributed by atoms with van der Waals surface area (Å²) < 4.78 is 0. The second kappa shape index (κ2) is 6.07. The van der Waals surface area contributed by atoms with Crippen molar-refractivity contribution in [3.8, 4) is 10.6 Å². The molecular formula is C14H19N3S. The highest BCUT2D eigenvalue weighted by atomic mass is 32.1. The molecule has 0 bridgehead atoms. The minimum absolute atomic E-state index is 0.679. The van der Waals surface area contributed by atoms with Gasteiger partial charge in [-0.25, -0.2) is 4.98 Å². The Morgan fingerprint density at radius 2 is 2.00 bits per heavy atom. The topological polar surface area (TPSA) is 37.8 Å². The fourth-order valence-electron chi connectivity index (χ4n) is 1.68. The van der Waals surface area contributed by atoms with Crippen molar-refractivity contribution in [2.45, 2.75) is 27.3 Å². The maximum atomic E-state index is 4.63. The van der Waals surface area contributed by atoms with Crippen LogP contribution >= 0.6 is 11.3 Å². The Morgan fingerprint density at radius 1 is 1.28 bits per heavy atom. The van der Waals surface area contributed by atoms with Crippen LogP contribution in [-0.2, 0) is 6.54 Å². The molecule has 2 aromatic rings. The van der Waals surface area contributed by atoms with Gasteiger partial charge in [-0.15, -0.1) is 11.3 Å². The summed E-state index contributed by atoms with van der Waals surface area (Å²) in [6, 6.07) is 4.01. The second-order valence-electron chi connectivity index (χ2n) is 4.79. The van der Waals surface area contributed by atoms with E-state index in [0.717, 1.165) is 29.4 Å². The molecule has 3 nitrogen and oxygen atoms in total. The van der Waals surface area contributed by atoms with Crippen molar-refractivity contribution in [3.05, 3.63) is 35.1 Å². The Hall–Kier alpha value is -1.26. The van der Waals surface area contributed by atoms with Crippen molar-refractivity contribution < 1.29 is 0 Å². The Morgan fingerprint density at radius 3 is 2.67 bits per heavy atom. The SMILES string of the molecule is Cc1nc(-c2ccncc2)sc1CNCC(C)C. The van der Waals surface area contributed by atoms with Gasteiger partial charge in [-0.2, -0.15) is 0 Å². The van der Waals surface area contributed by atoms with Gasteiger partial charge in [0.1, 0.15) is 5.01 Å². The molecule has 0 saturated carbocycles. The third-order valence-electron chi connectivity index (χ3n) is 2.66. The van der Waals surface area contributed by atoms with Crippen LogP contribution in [0, 0.1) is 12.8 Å². The Balaban J connectivity index is 2.08. The van der Waals surface area contributed by atoms with Gasteiger partial charge in [0, 0.05) is 29.4 Å². The summed E-state index contributed by atoms with van der Waals surface area (Å²) in [6.45, 7) is 8.46. The van der Waals surface area contributed by atoms with E-state index in [1.807, 2.05) is 24.5 Å². The summed E-state index contributed by atoms with van der Waals surface area (Å²) >= 11 is 1.76. The van der Waals surface area contributed by atoms with Crippen LogP contribution in [0.4, 0.5) is 0 Å². The number of hydrogen-bond donors (Lipinski definition) is 1. The molecule has 0 atom stereocenters. The molecule has 0 saturated heterocycles. The molecule has 0 aliphatic heterocycles. The molecule has 0 spiro atoms. The lowest BCUT2D eigenvalue weighted by molar-refractivity contribution is 0.554. The van der Waals surface area contributed by atoms with Gasteiger partial charge in [0.25, 0.3) is 0 Å². The van der Waals surface area contributed by atoms with Gasteiger partial charge in [-0.3, -0.25) is 4.98 Å². The van der Waals surface area contributed by atoms with Crippen LogP contribution in [0.25, 0.3) is 10.6 Å². The minimum Gasteiger partial charge on any atom is -0.312 e. The largest absolute Gasteiger partial charge is 0.312 e. The van der Waals surface area contributed by atoms with Crippen molar-refractivity contribution in [1.82, 2.24) is 15.3 Å². The number of aromatic nitrogens is 2. The average molecular weight is 261 g/mol. The standard InChI is InChI=1S/C14H19N3S/c1-10(2)8-16-9-13-11(3)17-14(18-13)12-4-6-15-7-5-12/h4-7,10,16H,8-9H2,1-3H3. The van der Waals surface area contributed by atoms with Gasteiger partial charge >= 0.3 is 0 Å². The average Bonchev–Trinajstić information content (AvgIpc) is 2.72. The molecule has 0 aliphatic rings.